The van der Waals surface area contributed by atoms with Crippen LogP contribution in [0.25, 0.3) is 22.3 Å². The van der Waals surface area contributed by atoms with Gasteiger partial charge in [0.25, 0.3) is 0 Å². The second-order valence-corrected chi connectivity index (χ2v) is 5.66. The fraction of sp³-hybridized carbons (Fsp3) is 0.211. The zero-order valence-corrected chi connectivity index (χ0v) is 12.9. The highest BCUT2D eigenvalue weighted by molar-refractivity contribution is 5.84. The van der Waals surface area contributed by atoms with Crippen LogP contribution in [0.2, 0.25) is 0 Å². The molecule has 0 aliphatic carbocycles. The van der Waals surface area contributed by atoms with E-state index in [4.69, 9.17) is 4.42 Å². The van der Waals surface area contributed by atoms with Crippen LogP contribution >= 0.6 is 0 Å². The number of hydrogen-bond acceptors (Lipinski definition) is 3. The molecule has 0 fully saturated rings. The quantitative estimate of drug-likeness (QED) is 0.773. The van der Waals surface area contributed by atoms with E-state index in [2.05, 4.69) is 0 Å². The van der Waals surface area contributed by atoms with E-state index in [1.54, 1.807) is 13.8 Å². The maximum atomic E-state index is 12.7. The first-order chi connectivity index (χ1) is 10.5. The molecule has 0 amide bonds. The third-order valence-electron chi connectivity index (χ3n) is 3.88. The molecular formula is C19H18O3. The molecule has 0 bridgehead atoms. The number of hydrogen-bond donors (Lipinski definition) is 1. The lowest BCUT2D eigenvalue weighted by Gasteiger charge is -2.13. The number of benzene rings is 2. The van der Waals surface area contributed by atoms with Gasteiger partial charge in [0.15, 0.2) is 5.43 Å². The van der Waals surface area contributed by atoms with Crippen LogP contribution in [-0.2, 0) is 0 Å². The summed E-state index contributed by atoms with van der Waals surface area (Å²) in [6, 6.07) is 13.2. The van der Waals surface area contributed by atoms with Gasteiger partial charge < -0.3 is 9.52 Å². The average molecular weight is 294 g/mol. The molecule has 0 aliphatic heterocycles. The van der Waals surface area contributed by atoms with E-state index in [-0.39, 0.29) is 5.43 Å². The maximum Gasteiger partial charge on any atom is 0.196 e. The van der Waals surface area contributed by atoms with Crippen molar-refractivity contribution < 1.29 is 9.52 Å². The molecule has 0 saturated carbocycles. The number of aliphatic hydroxyl groups excluding tert-OH is 1. The van der Waals surface area contributed by atoms with Gasteiger partial charge in [0, 0.05) is 16.7 Å². The molecule has 1 N–H and O–H groups in total. The molecule has 1 heterocycles. The van der Waals surface area contributed by atoms with Crippen molar-refractivity contribution in [1.82, 2.24) is 0 Å². The summed E-state index contributed by atoms with van der Waals surface area (Å²) in [6.45, 7) is 5.36. The number of rotatable bonds is 2. The van der Waals surface area contributed by atoms with Crippen molar-refractivity contribution in [2.24, 2.45) is 0 Å². The van der Waals surface area contributed by atoms with Gasteiger partial charge >= 0.3 is 0 Å². The third kappa shape index (κ3) is 2.34. The second-order valence-electron chi connectivity index (χ2n) is 5.66. The summed E-state index contributed by atoms with van der Waals surface area (Å²) in [4.78, 5) is 12.7. The lowest BCUT2D eigenvalue weighted by molar-refractivity contribution is 0.199. The zero-order valence-electron chi connectivity index (χ0n) is 12.9. The fourth-order valence-electron chi connectivity index (χ4n) is 2.74. The molecule has 2 aromatic carbocycles. The fourth-order valence-corrected chi connectivity index (χ4v) is 2.74. The van der Waals surface area contributed by atoms with Gasteiger partial charge in [-0.1, -0.05) is 30.3 Å². The summed E-state index contributed by atoms with van der Waals surface area (Å²) in [5, 5.41) is 10.5. The van der Waals surface area contributed by atoms with E-state index in [9.17, 15) is 9.90 Å². The summed E-state index contributed by atoms with van der Waals surface area (Å²) in [5.74, 6) is 0.559. The van der Waals surface area contributed by atoms with Crippen molar-refractivity contribution in [3.63, 3.8) is 0 Å². The first kappa shape index (κ1) is 14.5. The third-order valence-corrected chi connectivity index (χ3v) is 3.88. The highest BCUT2D eigenvalue weighted by Crippen LogP contribution is 2.30. The van der Waals surface area contributed by atoms with Crippen LogP contribution in [0, 0.1) is 13.8 Å². The Kier molecular flexibility index (Phi) is 3.59. The molecule has 3 nitrogen and oxygen atoms in total. The van der Waals surface area contributed by atoms with Crippen LogP contribution in [0.1, 0.15) is 29.7 Å². The standard InChI is InChI=1S/C19H18O3/c1-11-9-15(13(3)20)19-16(10-11)17(21)12(2)18(22-19)14-7-5-4-6-8-14/h4-10,13,20H,1-3H3/t13-/m1/s1. The molecule has 3 rings (SSSR count). The van der Waals surface area contributed by atoms with Crippen molar-refractivity contribution >= 4 is 11.0 Å². The Balaban J connectivity index is 2.43. The molecule has 0 saturated heterocycles. The van der Waals surface area contributed by atoms with E-state index in [1.165, 1.54) is 0 Å². The molecule has 112 valence electrons. The molecule has 0 spiro atoms. The minimum absolute atomic E-state index is 0.0503. The summed E-state index contributed by atoms with van der Waals surface area (Å²) in [6.07, 6.45) is -0.697. The molecule has 0 aliphatic rings. The first-order valence-corrected chi connectivity index (χ1v) is 7.30. The Hall–Kier alpha value is -2.39. The number of aryl methyl sites for hydroxylation is 1. The molecule has 1 atom stereocenters. The van der Waals surface area contributed by atoms with Crippen molar-refractivity contribution in [3.8, 4) is 11.3 Å². The van der Waals surface area contributed by atoms with E-state index < -0.39 is 6.10 Å². The van der Waals surface area contributed by atoms with Gasteiger partial charge in [-0.2, -0.15) is 0 Å². The topological polar surface area (TPSA) is 50.4 Å². The van der Waals surface area contributed by atoms with Crippen LogP contribution in [0.3, 0.4) is 0 Å². The molecule has 3 heteroatoms. The maximum absolute atomic E-state index is 12.7. The Bertz CT molecular complexity index is 890. The van der Waals surface area contributed by atoms with Crippen LogP contribution in [0.5, 0.6) is 0 Å². The van der Waals surface area contributed by atoms with Crippen LogP contribution < -0.4 is 5.43 Å². The Morgan fingerprint density at radius 3 is 2.41 bits per heavy atom. The van der Waals surface area contributed by atoms with Gasteiger partial charge in [-0.3, -0.25) is 4.79 Å². The normalized spacial score (nSPS) is 12.5. The molecule has 22 heavy (non-hydrogen) atoms. The van der Waals surface area contributed by atoms with Crippen molar-refractivity contribution in [2.75, 3.05) is 0 Å². The molecular weight excluding hydrogens is 276 g/mol. The minimum Gasteiger partial charge on any atom is -0.455 e. The average Bonchev–Trinajstić information content (AvgIpc) is 2.51. The summed E-state index contributed by atoms with van der Waals surface area (Å²) in [5.41, 5.74) is 3.43. The predicted octanol–water partition coefficient (Wildman–Crippen LogP) is 4.13. The zero-order chi connectivity index (χ0) is 15.9. The van der Waals surface area contributed by atoms with E-state index in [1.807, 2.05) is 49.4 Å². The SMILES string of the molecule is Cc1cc([C@@H](C)O)c2oc(-c3ccccc3)c(C)c(=O)c2c1. The van der Waals surface area contributed by atoms with E-state index >= 15 is 0 Å². The first-order valence-electron chi connectivity index (χ1n) is 7.30. The largest absolute Gasteiger partial charge is 0.455 e. The smallest absolute Gasteiger partial charge is 0.196 e. The van der Waals surface area contributed by atoms with Crippen molar-refractivity contribution in [3.05, 3.63) is 69.4 Å². The lowest BCUT2D eigenvalue weighted by atomic mass is 10.00. The predicted molar refractivity (Wildman–Crippen MR) is 88.0 cm³/mol. The highest BCUT2D eigenvalue weighted by atomic mass is 16.3. The lowest BCUT2D eigenvalue weighted by Crippen LogP contribution is -2.09. The van der Waals surface area contributed by atoms with Crippen molar-refractivity contribution in [1.29, 1.82) is 0 Å². The second kappa shape index (κ2) is 5.43. The summed E-state index contributed by atoms with van der Waals surface area (Å²) >= 11 is 0. The van der Waals surface area contributed by atoms with E-state index in [0.29, 0.717) is 27.9 Å². The molecule has 0 unspecified atom stereocenters. The molecule has 1 aromatic heterocycles. The monoisotopic (exact) mass is 294 g/mol. The van der Waals surface area contributed by atoms with Gasteiger partial charge in [-0.15, -0.1) is 0 Å². The highest BCUT2D eigenvalue weighted by Gasteiger charge is 2.17. The number of aliphatic hydroxyl groups is 1. The molecule has 0 radical (unpaired) electrons. The molecule has 3 aromatic rings. The minimum atomic E-state index is -0.697. The van der Waals surface area contributed by atoms with Crippen LogP contribution in [0.15, 0.2) is 51.7 Å². The van der Waals surface area contributed by atoms with E-state index in [0.717, 1.165) is 11.1 Å². The van der Waals surface area contributed by atoms with Gasteiger partial charge in [0.05, 0.1) is 11.5 Å². The van der Waals surface area contributed by atoms with Gasteiger partial charge in [-0.25, -0.2) is 0 Å². The van der Waals surface area contributed by atoms with Gasteiger partial charge in [0.1, 0.15) is 11.3 Å². The van der Waals surface area contributed by atoms with Crippen molar-refractivity contribution in [2.45, 2.75) is 26.9 Å². The van der Waals surface area contributed by atoms with Gasteiger partial charge in [0.2, 0.25) is 0 Å². The Morgan fingerprint density at radius 1 is 1.09 bits per heavy atom. The van der Waals surface area contributed by atoms with Crippen LogP contribution in [-0.4, -0.2) is 5.11 Å². The van der Waals surface area contributed by atoms with Crippen LogP contribution in [0.4, 0.5) is 0 Å². The Labute approximate surface area is 128 Å². The van der Waals surface area contributed by atoms with Gasteiger partial charge in [-0.05, 0) is 38.5 Å². The Morgan fingerprint density at radius 2 is 1.77 bits per heavy atom. The summed E-state index contributed by atoms with van der Waals surface area (Å²) < 4.78 is 6.05. The summed E-state index contributed by atoms with van der Waals surface area (Å²) in [7, 11) is 0. The number of fused-ring (bicyclic) bond motifs is 1.